The number of nitrogens with two attached hydrogens (primary N) is 1. The van der Waals surface area contributed by atoms with Gasteiger partial charge < -0.3 is 10.5 Å². The summed E-state index contributed by atoms with van der Waals surface area (Å²) in [7, 11) is 0. The van der Waals surface area contributed by atoms with Gasteiger partial charge >= 0.3 is 6.36 Å². The lowest BCUT2D eigenvalue weighted by Crippen LogP contribution is -2.17. The number of ether oxygens (including phenoxy) is 1. The average Bonchev–Trinajstić information content (AvgIpc) is 2.29. The number of halogens is 3. The molecule has 0 aliphatic carbocycles. The third-order valence-electron chi connectivity index (χ3n) is 2.17. The molecule has 0 radical (unpaired) electrons. The molecule has 1 atom stereocenters. The zero-order valence-corrected chi connectivity index (χ0v) is 11.1. The van der Waals surface area contributed by atoms with Crippen LogP contribution in [0.15, 0.2) is 24.3 Å². The van der Waals surface area contributed by atoms with E-state index < -0.39 is 12.3 Å². The molecule has 108 valence electrons. The molecule has 0 saturated heterocycles. The van der Waals surface area contributed by atoms with Gasteiger partial charge in [0.15, 0.2) is 0 Å². The molecule has 0 fully saturated rings. The van der Waals surface area contributed by atoms with Crippen molar-refractivity contribution in [3.63, 3.8) is 0 Å². The molecule has 2 N–H and O–H groups in total. The van der Waals surface area contributed by atoms with E-state index in [-0.39, 0.29) is 18.1 Å². The van der Waals surface area contributed by atoms with Crippen LogP contribution in [-0.2, 0) is 4.79 Å². The van der Waals surface area contributed by atoms with Crippen molar-refractivity contribution in [2.75, 3.05) is 0 Å². The molecule has 0 aliphatic heterocycles. The minimum Gasteiger partial charge on any atom is -0.406 e. The van der Waals surface area contributed by atoms with E-state index in [2.05, 4.69) is 4.74 Å². The summed E-state index contributed by atoms with van der Waals surface area (Å²) in [6.07, 6.45) is -4.64. The van der Waals surface area contributed by atoms with Crippen LogP contribution in [0.1, 0.15) is 38.7 Å². The molecule has 0 aliphatic rings. The highest BCUT2D eigenvalue weighted by Gasteiger charge is 2.31. The zero-order valence-electron chi connectivity index (χ0n) is 11.1. The highest BCUT2D eigenvalue weighted by molar-refractivity contribution is 5.74. The predicted molar refractivity (Wildman–Crippen MR) is 66.7 cm³/mol. The fourth-order valence-electron chi connectivity index (χ4n) is 1.44. The first kappa shape index (κ1) is 17.3. The van der Waals surface area contributed by atoms with Crippen molar-refractivity contribution < 1.29 is 22.7 Å². The number of alkyl halides is 3. The highest BCUT2D eigenvalue weighted by atomic mass is 19.4. The SMILES string of the molecule is CC.CC(CC(N)=O)c1cccc(OC(F)(F)F)c1. The lowest BCUT2D eigenvalue weighted by molar-refractivity contribution is -0.274. The average molecular weight is 277 g/mol. The van der Waals surface area contributed by atoms with E-state index in [0.29, 0.717) is 5.56 Å². The van der Waals surface area contributed by atoms with Gasteiger partial charge in [-0.25, -0.2) is 0 Å². The van der Waals surface area contributed by atoms with E-state index in [4.69, 9.17) is 5.73 Å². The van der Waals surface area contributed by atoms with Gasteiger partial charge in [0.1, 0.15) is 5.75 Å². The maximum absolute atomic E-state index is 12.0. The van der Waals surface area contributed by atoms with Crippen molar-refractivity contribution in [1.29, 1.82) is 0 Å². The van der Waals surface area contributed by atoms with Gasteiger partial charge in [-0.2, -0.15) is 0 Å². The Labute approximate surface area is 110 Å². The Bertz CT molecular complexity index is 405. The maximum Gasteiger partial charge on any atom is 0.573 e. The smallest absolute Gasteiger partial charge is 0.406 e. The standard InChI is InChI=1S/C11H12F3NO2.C2H6/c1-7(5-10(15)16)8-3-2-4-9(6-8)17-11(12,13)14;1-2/h2-4,6-7H,5H2,1H3,(H2,15,16);1-2H3. The van der Waals surface area contributed by atoms with Gasteiger partial charge in [-0.1, -0.05) is 32.9 Å². The maximum atomic E-state index is 12.0. The summed E-state index contributed by atoms with van der Waals surface area (Å²) in [4.78, 5) is 10.7. The molecule has 0 aromatic heterocycles. The van der Waals surface area contributed by atoms with Gasteiger partial charge in [0.25, 0.3) is 0 Å². The first-order valence-electron chi connectivity index (χ1n) is 5.92. The Kier molecular flexibility index (Phi) is 6.96. The molecule has 0 bridgehead atoms. The monoisotopic (exact) mass is 277 g/mol. The van der Waals surface area contributed by atoms with Gasteiger partial charge in [-0.05, 0) is 23.6 Å². The topological polar surface area (TPSA) is 52.3 Å². The molecular formula is C13H18F3NO2. The Balaban J connectivity index is 0.00000154. The quantitative estimate of drug-likeness (QED) is 0.914. The number of primary amides is 1. The third kappa shape index (κ3) is 7.33. The summed E-state index contributed by atoms with van der Waals surface area (Å²) >= 11 is 0. The van der Waals surface area contributed by atoms with E-state index >= 15 is 0 Å². The molecule has 1 rings (SSSR count). The molecule has 1 unspecified atom stereocenters. The van der Waals surface area contributed by atoms with Crippen LogP contribution in [0.2, 0.25) is 0 Å². The van der Waals surface area contributed by atoms with Crippen LogP contribution in [0.5, 0.6) is 5.75 Å². The number of rotatable bonds is 4. The van der Waals surface area contributed by atoms with Crippen molar-refractivity contribution in [2.45, 2.75) is 39.5 Å². The highest BCUT2D eigenvalue weighted by Crippen LogP contribution is 2.27. The molecule has 0 heterocycles. The normalized spacial score (nSPS) is 12.1. The van der Waals surface area contributed by atoms with Gasteiger partial charge in [-0.3, -0.25) is 4.79 Å². The molecule has 19 heavy (non-hydrogen) atoms. The fraction of sp³-hybridized carbons (Fsp3) is 0.462. The van der Waals surface area contributed by atoms with Crippen LogP contribution in [0.25, 0.3) is 0 Å². The first-order chi connectivity index (χ1) is 8.78. The molecule has 1 aromatic rings. The number of hydrogen-bond acceptors (Lipinski definition) is 2. The molecular weight excluding hydrogens is 259 g/mol. The minimum atomic E-state index is -4.72. The second-order valence-electron chi connectivity index (χ2n) is 3.69. The van der Waals surface area contributed by atoms with E-state index in [1.165, 1.54) is 18.2 Å². The van der Waals surface area contributed by atoms with Crippen LogP contribution in [-0.4, -0.2) is 12.3 Å². The molecule has 6 heteroatoms. The first-order valence-corrected chi connectivity index (χ1v) is 5.92. The molecule has 3 nitrogen and oxygen atoms in total. The number of benzene rings is 1. The second kappa shape index (κ2) is 7.66. The van der Waals surface area contributed by atoms with E-state index in [9.17, 15) is 18.0 Å². The molecule has 0 spiro atoms. The van der Waals surface area contributed by atoms with Gasteiger partial charge in [0, 0.05) is 6.42 Å². The van der Waals surface area contributed by atoms with E-state index in [1.807, 2.05) is 13.8 Å². The number of hydrogen-bond donors (Lipinski definition) is 1. The molecule has 1 amide bonds. The summed E-state index contributed by atoms with van der Waals surface area (Å²) in [5, 5.41) is 0. The van der Waals surface area contributed by atoms with Crippen LogP contribution in [0.3, 0.4) is 0 Å². The third-order valence-corrected chi connectivity index (χ3v) is 2.17. The van der Waals surface area contributed by atoms with Crippen LogP contribution in [0.4, 0.5) is 13.2 Å². The summed E-state index contributed by atoms with van der Waals surface area (Å²) in [6, 6.07) is 5.51. The largest absolute Gasteiger partial charge is 0.573 e. The molecule has 0 saturated carbocycles. The van der Waals surface area contributed by atoms with Gasteiger partial charge in [0.2, 0.25) is 5.91 Å². The summed E-state index contributed by atoms with van der Waals surface area (Å²) in [5.74, 6) is -1.05. The van der Waals surface area contributed by atoms with Crippen LogP contribution >= 0.6 is 0 Å². The second-order valence-corrected chi connectivity index (χ2v) is 3.69. The molecule has 1 aromatic carbocycles. The summed E-state index contributed by atoms with van der Waals surface area (Å²) in [5.41, 5.74) is 5.59. The Hall–Kier alpha value is -1.72. The van der Waals surface area contributed by atoms with Crippen molar-refractivity contribution >= 4 is 5.91 Å². The van der Waals surface area contributed by atoms with E-state index in [1.54, 1.807) is 13.0 Å². The van der Waals surface area contributed by atoms with Crippen molar-refractivity contribution in [2.24, 2.45) is 5.73 Å². The minimum absolute atomic E-state index is 0.0788. The zero-order chi connectivity index (χ0) is 15.1. The summed E-state index contributed by atoms with van der Waals surface area (Å²) < 4.78 is 39.7. The fourth-order valence-corrected chi connectivity index (χ4v) is 1.44. The Morgan fingerprint density at radius 3 is 2.42 bits per heavy atom. The van der Waals surface area contributed by atoms with Crippen LogP contribution < -0.4 is 10.5 Å². The number of carbonyl (C=O) groups is 1. The van der Waals surface area contributed by atoms with Crippen LogP contribution in [0, 0.1) is 0 Å². The number of carbonyl (C=O) groups excluding carboxylic acids is 1. The lowest BCUT2D eigenvalue weighted by atomic mass is 9.97. The van der Waals surface area contributed by atoms with Gasteiger partial charge in [-0.15, -0.1) is 13.2 Å². The Morgan fingerprint density at radius 2 is 1.95 bits per heavy atom. The van der Waals surface area contributed by atoms with Gasteiger partial charge in [0.05, 0.1) is 0 Å². The summed E-state index contributed by atoms with van der Waals surface area (Å²) in [6.45, 7) is 5.71. The van der Waals surface area contributed by atoms with Crippen molar-refractivity contribution in [3.8, 4) is 5.75 Å². The number of amides is 1. The van der Waals surface area contributed by atoms with Crippen molar-refractivity contribution in [3.05, 3.63) is 29.8 Å². The lowest BCUT2D eigenvalue weighted by Gasteiger charge is -2.13. The Morgan fingerprint density at radius 1 is 1.37 bits per heavy atom. The van der Waals surface area contributed by atoms with Crippen molar-refractivity contribution in [1.82, 2.24) is 0 Å². The van der Waals surface area contributed by atoms with E-state index in [0.717, 1.165) is 0 Å². The predicted octanol–water partition coefficient (Wildman–Crippen LogP) is 3.59.